The number of halogens is 2. The molecule has 0 heterocycles. The Balaban J connectivity index is 2.06. The highest BCUT2D eigenvalue weighted by Gasteiger charge is 2.13. The number of hydrogen-bond acceptors (Lipinski definition) is 4. The van der Waals surface area contributed by atoms with Crippen molar-refractivity contribution in [1.82, 2.24) is 5.32 Å². The van der Waals surface area contributed by atoms with E-state index >= 15 is 0 Å². The Labute approximate surface area is 162 Å². The Hall–Kier alpha value is -2.37. The number of nitrogens with one attached hydrogen (secondary N) is 1. The van der Waals surface area contributed by atoms with Crippen LogP contribution in [0.2, 0.25) is 10.0 Å². The molecule has 0 radical (unpaired) electrons. The van der Waals surface area contributed by atoms with Crippen LogP contribution < -0.4 is 19.5 Å². The molecule has 26 heavy (non-hydrogen) atoms. The van der Waals surface area contributed by atoms with Gasteiger partial charge in [-0.3, -0.25) is 4.79 Å². The number of rotatable bonds is 7. The largest absolute Gasteiger partial charge is 0.493 e. The van der Waals surface area contributed by atoms with E-state index < -0.39 is 0 Å². The summed E-state index contributed by atoms with van der Waals surface area (Å²) in [6.07, 6.45) is 3.04. The monoisotopic (exact) mass is 395 g/mol. The second-order valence-corrected chi connectivity index (χ2v) is 6.09. The maximum atomic E-state index is 12.0. The molecule has 1 amide bonds. The van der Waals surface area contributed by atoms with Crippen molar-refractivity contribution in [2.45, 2.75) is 6.54 Å². The van der Waals surface area contributed by atoms with Gasteiger partial charge in [0.05, 0.1) is 21.3 Å². The molecule has 2 rings (SSSR count). The molecule has 0 aromatic heterocycles. The SMILES string of the molecule is COc1cc(CNC(=O)/C=C/c2ccc(Cl)cc2Cl)cc(OC)c1OC. The summed E-state index contributed by atoms with van der Waals surface area (Å²) in [5, 5.41) is 3.81. The van der Waals surface area contributed by atoms with Gasteiger partial charge in [-0.05, 0) is 41.5 Å². The van der Waals surface area contributed by atoms with Crippen LogP contribution in [0.1, 0.15) is 11.1 Å². The topological polar surface area (TPSA) is 56.8 Å². The average Bonchev–Trinajstić information content (AvgIpc) is 2.64. The summed E-state index contributed by atoms with van der Waals surface area (Å²) in [6, 6.07) is 8.63. The molecule has 2 aromatic carbocycles. The zero-order valence-corrected chi connectivity index (χ0v) is 16.1. The second-order valence-electron chi connectivity index (χ2n) is 5.25. The molecule has 0 fully saturated rings. The number of benzene rings is 2. The molecular weight excluding hydrogens is 377 g/mol. The quantitative estimate of drug-likeness (QED) is 0.708. The van der Waals surface area contributed by atoms with Crippen molar-refractivity contribution in [1.29, 1.82) is 0 Å². The van der Waals surface area contributed by atoms with E-state index in [1.54, 1.807) is 36.4 Å². The van der Waals surface area contributed by atoms with Crippen molar-refractivity contribution in [3.63, 3.8) is 0 Å². The second kappa shape index (κ2) is 9.36. The van der Waals surface area contributed by atoms with Gasteiger partial charge in [0.1, 0.15) is 0 Å². The minimum absolute atomic E-state index is 0.259. The third-order valence-corrected chi connectivity index (χ3v) is 4.13. The Morgan fingerprint density at radius 3 is 2.23 bits per heavy atom. The van der Waals surface area contributed by atoms with Crippen molar-refractivity contribution in [2.24, 2.45) is 0 Å². The van der Waals surface area contributed by atoms with E-state index in [0.29, 0.717) is 39.4 Å². The standard InChI is InChI=1S/C19H19Cl2NO4/c1-24-16-8-12(9-17(25-2)19(16)26-3)11-22-18(23)7-5-13-4-6-14(20)10-15(13)21/h4-10H,11H2,1-3H3,(H,22,23)/b7-5+. The molecule has 2 aromatic rings. The Morgan fingerprint density at radius 2 is 1.69 bits per heavy atom. The number of hydrogen-bond donors (Lipinski definition) is 1. The molecule has 0 unspecified atom stereocenters. The predicted octanol–water partition coefficient (Wildman–Crippen LogP) is 4.35. The molecule has 0 bridgehead atoms. The minimum atomic E-state index is -0.259. The van der Waals surface area contributed by atoms with Gasteiger partial charge in [-0.15, -0.1) is 0 Å². The number of methoxy groups -OCH3 is 3. The molecule has 0 saturated carbocycles. The van der Waals surface area contributed by atoms with Crippen molar-refractivity contribution >= 4 is 35.2 Å². The summed E-state index contributed by atoms with van der Waals surface area (Å²) in [7, 11) is 4.62. The predicted molar refractivity (Wildman–Crippen MR) is 103 cm³/mol. The fraction of sp³-hybridized carbons (Fsp3) is 0.211. The molecule has 1 N–H and O–H groups in total. The lowest BCUT2D eigenvalue weighted by Crippen LogP contribution is -2.20. The van der Waals surface area contributed by atoms with Crippen molar-refractivity contribution < 1.29 is 19.0 Å². The molecule has 0 aliphatic rings. The number of carbonyl (C=O) groups excluding carboxylic acids is 1. The van der Waals surface area contributed by atoms with E-state index in [9.17, 15) is 4.79 Å². The first kappa shape index (κ1) is 19.9. The summed E-state index contributed by atoms with van der Waals surface area (Å²) in [6.45, 7) is 0.300. The lowest BCUT2D eigenvalue weighted by atomic mass is 10.1. The smallest absolute Gasteiger partial charge is 0.244 e. The normalized spacial score (nSPS) is 10.7. The minimum Gasteiger partial charge on any atom is -0.493 e. The maximum absolute atomic E-state index is 12.0. The average molecular weight is 396 g/mol. The highest BCUT2D eigenvalue weighted by atomic mass is 35.5. The fourth-order valence-electron chi connectivity index (χ4n) is 2.29. The van der Waals surface area contributed by atoms with Crippen molar-refractivity contribution in [2.75, 3.05) is 21.3 Å². The lowest BCUT2D eigenvalue weighted by Gasteiger charge is -2.14. The van der Waals surface area contributed by atoms with E-state index in [4.69, 9.17) is 37.4 Å². The van der Waals surface area contributed by atoms with Gasteiger partial charge in [0.2, 0.25) is 11.7 Å². The van der Waals surface area contributed by atoms with Crippen LogP contribution in [0.25, 0.3) is 6.08 Å². The van der Waals surface area contributed by atoms with E-state index in [0.717, 1.165) is 5.56 Å². The van der Waals surface area contributed by atoms with Gasteiger partial charge in [-0.1, -0.05) is 29.3 Å². The van der Waals surface area contributed by atoms with Crippen LogP contribution in [0.5, 0.6) is 17.2 Å². The van der Waals surface area contributed by atoms with Crippen LogP contribution >= 0.6 is 23.2 Å². The van der Waals surface area contributed by atoms with E-state index in [1.807, 2.05) is 0 Å². The first-order valence-electron chi connectivity index (χ1n) is 7.68. The van der Waals surface area contributed by atoms with Crippen molar-refractivity contribution in [3.8, 4) is 17.2 Å². The first-order chi connectivity index (χ1) is 12.5. The number of ether oxygens (including phenoxy) is 3. The maximum Gasteiger partial charge on any atom is 0.244 e. The summed E-state index contributed by atoms with van der Waals surface area (Å²) in [5.74, 6) is 1.30. The molecular formula is C19H19Cl2NO4. The third kappa shape index (κ3) is 5.07. The third-order valence-electron chi connectivity index (χ3n) is 3.57. The van der Waals surface area contributed by atoms with Gasteiger partial charge in [-0.2, -0.15) is 0 Å². The molecule has 0 atom stereocenters. The lowest BCUT2D eigenvalue weighted by molar-refractivity contribution is -0.116. The molecule has 5 nitrogen and oxygen atoms in total. The van der Waals surface area contributed by atoms with E-state index in [-0.39, 0.29) is 5.91 Å². The highest BCUT2D eigenvalue weighted by Crippen LogP contribution is 2.38. The van der Waals surface area contributed by atoms with Crippen LogP contribution in [0.3, 0.4) is 0 Å². The van der Waals surface area contributed by atoms with Crippen LogP contribution in [0.4, 0.5) is 0 Å². The van der Waals surface area contributed by atoms with Gasteiger partial charge in [-0.25, -0.2) is 0 Å². The number of amides is 1. The van der Waals surface area contributed by atoms with Crippen LogP contribution in [0.15, 0.2) is 36.4 Å². The summed E-state index contributed by atoms with van der Waals surface area (Å²) < 4.78 is 15.9. The highest BCUT2D eigenvalue weighted by molar-refractivity contribution is 6.35. The fourth-order valence-corrected chi connectivity index (χ4v) is 2.76. The molecule has 0 saturated heterocycles. The number of carbonyl (C=O) groups is 1. The van der Waals surface area contributed by atoms with Gasteiger partial charge >= 0.3 is 0 Å². The van der Waals surface area contributed by atoms with Gasteiger partial charge in [0.25, 0.3) is 0 Å². The van der Waals surface area contributed by atoms with E-state index in [1.165, 1.54) is 27.4 Å². The molecule has 0 aliphatic carbocycles. The zero-order valence-electron chi connectivity index (χ0n) is 14.6. The Kier molecular flexibility index (Phi) is 7.18. The van der Waals surface area contributed by atoms with E-state index in [2.05, 4.69) is 5.32 Å². The molecule has 0 spiro atoms. The summed E-state index contributed by atoms with van der Waals surface area (Å²) >= 11 is 11.9. The Bertz CT molecular complexity index is 796. The van der Waals surface area contributed by atoms with Gasteiger partial charge < -0.3 is 19.5 Å². The van der Waals surface area contributed by atoms with Crippen LogP contribution in [-0.2, 0) is 11.3 Å². The van der Waals surface area contributed by atoms with Crippen molar-refractivity contribution in [3.05, 3.63) is 57.6 Å². The summed E-state index contributed by atoms with van der Waals surface area (Å²) in [5.41, 5.74) is 1.52. The molecule has 7 heteroatoms. The van der Waals surface area contributed by atoms with Crippen LogP contribution in [0, 0.1) is 0 Å². The van der Waals surface area contributed by atoms with Crippen LogP contribution in [-0.4, -0.2) is 27.2 Å². The van der Waals surface area contributed by atoms with Gasteiger partial charge in [0.15, 0.2) is 11.5 Å². The zero-order chi connectivity index (χ0) is 19.1. The molecule has 138 valence electrons. The Morgan fingerprint density at radius 1 is 1.04 bits per heavy atom. The first-order valence-corrected chi connectivity index (χ1v) is 8.44. The summed E-state index contributed by atoms with van der Waals surface area (Å²) in [4.78, 5) is 12.0. The van der Waals surface area contributed by atoms with Gasteiger partial charge in [0, 0.05) is 22.7 Å². The molecule has 0 aliphatic heterocycles.